The molecule has 3 rings (SSSR count). The summed E-state index contributed by atoms with van der Waals surface area (Å²) >= 11 is 0. The number of hydrogen-bond acceptors (Lipinski definition) is 4. The van der Waals surface area contributed by atoms with Crippen LogP contribution in [0.25, 0.3) is 0 Å². The lowest BCUT2D eigenvalue weighted by molar-refractivity contribution is 0.191. The molecule has 0 saturated heterocycles. The predicted octanol–water partition coefficient (Wildman–Crippen LogP) is 2.41. The zero-order valence-corrected chi connectivity index (χ0v) is 13.8. The number of amides is 2. The highest BCUT2D eigenvalue weighted by Crippen LogP contribution is 2.28. The second kappa shape index (κ2) is 6.44. The third kappa shape index (κ3) is 3.91. The topological polar surface area (TPSA) is 76.2 Å². The summed E-state index contributed by atoms with van der Waals surface area (Å²) in [4.78, 5) is 14.4. The van der Waals surface area contributed by atoms with E-state index in [1.807, 2.05) is 38.1 Å². The van der Waals surface area contributed by atoms with Crippen molar-refractivity contribution >= 4 is 6.03 Å². The van der Waals surface area contributed by atoms with Crippen LogP contribution < -0.4 is 5.32 Å². The van der Waals surface area contributed by atoms with Crippen molar-refractivity contribution in [1.82, 2.24) is 25.2 Å². The van der Waals surface area contributed by atoms with Crippen molar-refractivity contribution in [2.75, 3.05) is 0 Å². The summed E-state index contributed by atoms with van der Waals surface area (Å²) in [7, 11) is 1.88. The van der Waals surface area contributed by atoms with Gasteiger partial charge in [0, 0.05) is 36.8 Å². The van der Waals surface area contributed by atoms with E-state index in [0.29, 0.717) is 25.0 Å². The van der Waals surface area contributed by atoms with Gasteiger partial charge in [-0.15, -0.1) is 0 Å². The molecule has 0 atom stereocenters. The van der Waals surface area contributed by atoms with Crippen LogP contribution in [0.3, 0.4) is 0 Å². The summed E-state index contributed by atoms with van der Waals surface area (Å²) in [5.41, 5.74) is 1.79. The monoisotopic (exact) mass is 317 g/mol. The number of nitrogens with one attached hydrogen (secondary N) is 1. The molecular formula is C16H23N5O2. The van der Waals surface area contributed by atoms with E-state index in [-0.39, 0.29) is 6.03 Å². The molecule has 2 aromatic heterocycles. The van der Waals surface area contributed by atoms with E-state index in [1.165, 1.54) is 0 Å². The summed E-state index contributed by atoms with van der Waals surface area (Å²) in [6, 6.07) is 2.16. The van der Waals surface area contributed by atoms with Gasteiger partial charge in [-0.1, -0.05) is 19.0 Å². The highest BCUT2D eigenvalue weighted by atomic mass is 16.5. The van der Waals surface area contributed by atoms with Crippen molar-refractivity contribution in [3.05, 3.63) is 35.5 Å². The Morgan fingerprint density at radius 1 is 1.52 bits per heavy atom. The normalized spacial score (nSPS) is 14.3. The first-order chi connectivity index (χ1) is 11.0. The predicted molar refractivity (Wildman–Crippen MR) is 84.6 cm³/mol. The van der Waals surface area contributed by atoms with E-state index in [0.717, 1.165) is 29.9 Å². The van der Waals surface area contributed by atoms with Gasteiger partial charge in [-0.25, -0.2) is 4.79 Å². The van der Waals surface area contributed by atoms with Crippen LogP contribution in [0.1, 0.15) is 49.6 Å². The van der Waals surface area contributed by atoms with Crippen LogP contribution in [0, 0.1) is 0 Å². The minimum atomic E-state index is -0.0644. The molecule has 1 saturated carbocycles. The van der Waals surface area contributed by atoms with Gasteiger partial charge in [-0.05, 0) is 12.8 Å². The van der Waals surface area contributed by atoms with E-state index in [2.05, 4.69) is 15.6 Å². The van der Waals surface area contributed by atoms with Crippen molar-refractivity contribution in [2.24, 2.45) is 7.05 Å². The van der Waals surface area contributed by atoms with Crippen molar-refractivity contribution in [1.29, 1.82) is 0 Å². The highest BCUT2D eigenvalue weighted by Gasteiger charge is 2.32. The van der Waals surface area contributed by atoms with Gasteiger partial charge in [0.1, 0.15) is 11.5 Å². The van der Waals surface area contributed by atoms with Gasteiger partial charge < -0.3 is 14.7 Å². The van der Waals surface area contributed by atoms with Gasteiger partial charge in [0.25, 0.3) is 0 Å². The lowest BCUT2D eigenvalue weighted by atomic mass is 10.1. The van der Waals surface area contributed by atoms with Gasteiger partial charge in [0.2, 0.25) is 0 Å². The maximum absolute atomic E-state index is 12.5. The standard InChI is InChI=1S/C16H23N5O2/c1-11(2)15-6-13(19-23-15)8-17-16(22)21(14-4-5-14)10-12-7-18-20(3)9-12/h6-7,9,11,14H,4-5,8,10H2,1-3H3,(H,17,22). The second-order valence-corrected chi connectivity index (χ2v) is 6.42. The number of hydrogen-bond donors (Lipinski definition) is 1. The van der Waals surface area contributed by atoms with Crippen LogP contribution in [0.4, 0.5) is 4.79 Å². The van der Waals surface area contributed by atoms with Gasteiger partial charge in [0.15, 0.2) is 0 Å². The van der Waals surface area contributed by atoms with Gasteiger partial charge >= 0.3 is 6.03 Å². The first kappa shape index (κ1) is 15.6. The smallest absolute Gasteiger partial charge is 0.318 e. The SMILES string of the molecule is CC(C)c1cc(CNC(=O)N(Cc2cnn(C)c2)C2CC2)no1. The Kier molecular flexibility index (Phi) is 4.36. The fourth-order valence-corrected chi connectivity index (χ4v) is 2.45. The second-order valence-electron chi connectivity index (χ2n) is 6.42. The fraction of sp³-hybridized carbons (Fsp3) is 0.562. The van der Waals surface area contributed by atoms with Crippen molar-refractivity contribution in [3.8, 4) is 0 Å². The van der Waals surface area contributed by atoms with E-state index in [9.17, 15) is 4.79 Å². The van der Waals surface area contributed by atoms with Gasteiger partial charge in [-0.2, -0.15) is 5.10 Å². The van der Waals surface area contributed by atoms with E-state index in [4.69, 9.17) is 4.52 Å². The van der Waals surface area contributed by atoms with Crippen molar-refractivity contribution in [3.63, 3.8) is 0 Å². The van der Waals surface area contributed by atoms with Crippen LogP contribution in [0.15, 0.2) is 23.0 Å². The molecule has 1 aliphatic rings. The Balaban J connectivity index is 1.58. The molecule has 1 N–H and O–H groups in total. The fourth-order valence-electron chi connectivity index (χ4n) is 2.45. The summed E-state index contributed by atoms with van der Waals surface area (Å²) in [6.45, 7) is 5.06. The molecule has 1 fully saturated rings. The summed E-state index contributed by atoms with van der Waals surface area (Å²) in [5, 5.41) is 11.1. The Hall–Kier alpha value is -2.31. The van der Waals surface area contributed by atoms with Crippen LogP contribution >= 0.6 is 0 Å². The molecule has 2 amide bonds. The zero-order chi connectivity index (χ0) is 16.4. The molecule has 0 spiro atoms. The van der Waals surface area contributed by atoms with Gasteiger partial charge in [-0.3, -0.25) is 4.68 Å². The quantitative estimate of drug-likeness (QED) is 0.887. The van der Waals surface area contributed by atoms with Gasteiger partial charge in [0.05, 0.1) is 19.3 Å². The number of carbonyl (C=O) groups excluding carboxylic acids is 1. The number of nitrogens with zero attached hydrogens (tertiary/aromatic N) is 4. The number of rotatable bonds is 6. The van der Waals surface area contributed by atoms with E-state index < -0.39 is 0 Å². The Morgan fingerprint density at radius 2 is 2.30 bits per heavy atom. The average Bonchev–Trinajstić information content (AvgIpc) is 3.08. The molecule has 0 aromatic carbocycles. The number of carbonyl (C=O) groups is 1. The Labute approximate surface area is 135 Å². The molecule has 0 unspecified atom stereocenters. The summed E-state index contributed by atoms with van der Waals surface area (Å²) in [5.74, 6) is 1.13. The third-order valence-electron chi connectivity index (χ3n) is 3.93. The lowest BCUT2D eigenvalue weighted by Gasteiger charge is -2.21. The molecule has 2 aromatic rings. The van der Waals surface area contributed by atoms with Crippen LogP contribution in [0.2, 0.25) is 0 Å². The minimum Gasteiger partial charge on any atom is -0.361 e. The molecule has 2 heterocycles. The molecule has 1 aliphatic carbocycles. The van der Waals surface area contributed by atoms with Crippen LogP contribution in [-0.4, -0.2) is 31.9 Å². The highest BCUT2D eigenvalue weighted by molar-refractivity contribution is 5.74. The molecule has 124 valence electrons. The maximum Gasteiger partial charge on any atom is 0.318 e. The Morgan fingerprint density at radius 3 is 2.87 bits per heavy atom. The molecule has 0 radical (unpaired) electrons. The summed E-state index contributed by atoms with van der Waals surface area (Å²) < 4.78 is 7.00. The molecule has 0 aliphatic heterocycles. The minimum absolute atomic E-state index is 0.0644. The number of aromatic nitrogens is 3. The first-order valence-electron chi connectivity index (χ1n) is 8.00. The molecule has 23 heavy (non-hydrogen) atoms. The van der Waals surface area contributed by atoms with Crippen molar-refractivity contribution < 1.29 is 9.32 Å². The molecule has 0 bridgehead atoms. The number of urea groups is 1. The Bertz CT molecular complexity index is 672. The van der Waals surface area contributed by atoms with Crippen LogP contribution in [0.5, 0.6) is 0 Å². The maximum atomic E-state index is 12.5. The largest absolute Gasteiger partial charge is 0.361 e. The van der Waals surface area contributed by atoms with E-state index in [1.54, 1.807) is 10.9 Å². The van der Waals surface area contributed by atoms with Crippen molar-refractivity contribution in [2.45, 2.75) is 51.7 Å². The number of aryl methyl sites for hydroxylation is 1. The zero-order valence-electron chi connectivity index (χ0n) is 13.8. The average molecular weight is 317 g/mol. The third-order valence-corrected chi connectivity index (χ3v) is 3.93. The lowest BCUT2D eigenvalue weighted by Crippen LogP contribution is -2.40. The first-order valence-corrected chi connectivity index (χ1v) is 8.00. The molecule has 7 nitrogen and oxygen atoms in total. The molecular weight excluding hydrogens is 294 g/mol. The molecule has 7 heteroatoms. The van der Waals surface area contributed by atoms with Crippen LogP contribution in [-0.2, 0) is 20.1 Å². The van der Waals surface area contributed by atoms with E-state index >= 15 is 0 Å². The summed E-state index contributed by atoms with van der Waals surface area (Å²) in [6.07, 6.45) is 5.87.